The number of aromatic nitrogens is 4. The lowest BCUT2D eigenvalue weighted by Crippen LogP contribution is -2.03. The van der Waals surface area contributed by atoms with E-state index >= 15 is 0 Å². The van der Waals surface area contributed by atoms with E-state index in [0.717, 1.165) is 68.1 Å². The smallest absolute Gasteiger partial charge is 0.145 e. The Kier molecular flexibility index (Phi) is 8.05. The van der Waals surface area contributed by atoms with Gasteiger partial charge in [0.1, 0.15) is 11.6 Å². The summed E-state index contributed by atoms with van der Waals surface area (Å²) < 4.78 is 4.70. The van der Waals surface area contributed by atoms with Crippen molar-refractivity contribution in [2.24, 2.45) is 0 Å². The molecular formula is C48H38N4. The summed E-state index contributed by atoms with van der Waals surface area (Å²) in [4.78, 5) is 10.4. The number of nitrogens with zero attached hydrogens (tertiary/aromatic N) is 4. The van der Waals surface area contributed by atoms with Crippen LogP contribution >= 0.6 is 0 Å². The van der Waals surface area contributed by atoms with Crippen molar-refractivity contribution in [3.63, 3.8) is 0 Å². The fraction of sp³-hybridized carbons (Fsp3) is 0.0833. The Labute approximate surface area is 304 Å². The standard InChI is InChI=1S/C48H38N4/c1-33(2)51-45-30-27-35(32-43(45)50-47(51)38-19-10-5-11-20-38)31-34-25-28-39(29-26-34)48-49-42-23-12-13-24-44(42)52(48)46-40(36-15-6-3-7-16-36)21-14-22-41(46)37-17-8-4-9-18-37/h3-30,32-33H,31H2,1-2H3. The third kappa shape index (κ3) is 5.69. The minimum Gasteiger partial charge on any atom is -0.321 e. The van der Waals surface area contributed by atoms with Gasteiger partial charge >= 0.3 is 0 Å². The molecule has 4 nitrogen and oxygen atoms in total. The largest absolute Gasteiger partial charge is 0.321 e. The van der Waals surface area contributed by atoms with Crippen LogP contribution in [0.1, 0.15) is 31.0 Å². The predicted octanol–water partition coefficient (Wildman–Crippen LogP) is 12.2. The maximum atomic E-state index is 5.28. The number of fused-ring (bicyclic) bond motifs is 2. The second-order valence-electron chi connectivity index (χ2n) is 13.7. The summed E-state index contributed by atoms with van der Waals surface area (Å²) in [5, 5.41) is 0. The highest BCUT2D eigenvalue weighted by atomic mass is 15.1. The first-order chi connectivity index (χ1) is 25.6. The Hall–Kier alpha value is -6.52. The highest BCUT2D eigenvalue weighted by molar-refractivity contribution is 5.92. The summed E-state index contributed by atoms with van der Waals surface area (Å²) >= 11 is 0. The minimum atomic E-state index is 0.297. The third-order valence-corrected chi connectivity index (χ3v) is 9.91. The Morgan fingerprint density at radius 2 is 0.981 bits per heavy atom. The van der Waals surface area contributed by atoms with Gasteiger partial charge in [0, 0.05) is 28.3 Å². The van der Waals surface area contributed by atoms with Gasteiger partial charge in [0.05, 0.1) is 27.8 Å². The molecule has 9 rings (SSSR count). The second kappa shape index (κ2) is 13.3. The number of rotatable bonds is 8. The molecule has 0 fully saturated rings. The molecule has 0 aliphatic carbocycles. The van der Waals surface area contributed by atoms with Crippen LogP contribution in [-0.4, -0.2) is 19.1 Å². The third-order valence-electron chi connectivity index (χ3n) is 9.91. The number of para-hydroxylation sites is 3. The number of hydrogen-bond acceptors (Lipinski definition) is 2. The van der Waals surface area contributed by atoms with E-state index in [9.17, 15) is 0 Å². The minimum absolute atomic E-state index is 0.297. The molecule has 0 saturated carbocycles. The zero-order valence-corrected chi connectivity index (χ0v) is 29.3. The fourth-order valence-corrected chi connectivity index (χ4v) is 7.51. The summed E-state index contributed by atoms with van der Waals surface area (Å²) in [7, 11) is 0. The molecule has 0 bridgehead atoms. The second-order valence-corrected chi connectivity index (χ2v) is 13.7. The van der Waals surface area contributed by atoms with Crippen molar-refractivity contribution in [3.05, 3.63) is 187 Å². The lowest BCUT2D eigenvalue weighted by Gasteiger charge is -2.19. The normalized spacial score (nSPS) is 11.5. The molecule has 0 aliphatic rings. The zero-order chi connectivity index (χ0) is 35.0. The van der Waals surface area contributed by atoms with E-state index in [2.05, 4.69) is 199 Å². The molecule has 0 radical (unpaired) electrons. The van der Waals surface area contributed by atoms with E-state index in [0.29, 0.717) is 6.04 Å². The number of hydrogen-bond donors (Lipinski definition) is 0. The molecule has 2 aromatic heterocycles. The molecule has 0 aliphatic heterocycles. The van der Waals surface area contributed by atoms with Crippen LogP contribution in [0.25, 0.3) is 72.8 Å². The molecule has 2 heterocycles. The van der Waals surface area contributed by atoms with Crippen molar-refractivity contribution in [3.8, 4) is 50.7 Å². The van der Waals surface area contributed by atoms with Crippen LogP contribution in [-0.2, 0) is 6.42 Å². The van der Waals surface area contributed by atoms with Crippen LogP contribution in [0.2, 0.25) is 0 Å². The Balaban J connectivity index is 1.13. The quantitative estimate of drug-likeness (QED) is 0.161. The molecule has 0 saturated heterocycles. The maximum Gasteiger partial charge on any atom is 0.145 e. The van der Waals surface area contributed by atoms with Gasteiger partial charge in [-0.05, 0) is 66.8 Å². The maximum absolute atomic E-state index is 5.28. The van der Waals surface area contributed by atoms with Gasteiger partial charge < -0.3 is 4.57 Å². The van der Waals surface area contributed by atoms with E-state index < -0.39 is 0 Å². The van der Waals surface area contributed by atoms with Crippen molar-refractivity contribution in [1.29, 1.82) is 0 Å². The highest BCUT2D eigenvalue weighted by Gasteiger charge is 2.21. The zero-order valence-electron chi connectivity index (χ0n) is 29.3. The Morgan fingerprint density at radius 1 is 0.442 bits per heavy atom. The molecule has 4 heteroatoms. The van der Waals surface area contributed by atoms with Gasteiger partial charge in [-0.15, -0.1) is 0 Å². The lowest BCUT2D eigenvalue weighted by molar-refractivity contribution is 0.624. The Morgan fingerprint density at radius 3 is 1.62 bits per heavy atom. The van der Waals surface area contributed by atoms with E-state index in [1.165, 1.54) is 22.3 Å². The molecule has 0 spiro atoms. The average molecular weight is 671 g/mol. The number of imidazole rings is 2. The van der Waals surface area contributed by atoms with E-state index in [1.807, 2.05) is 0 Å². The molecule has 52 heavy (non-hydrogen) atoms. The topological polar surface area (TPSA) is 35.6 Å². The first-order valence-electron chi connectivity index (χ1n) is 18.0. The molecular weight excluding hydrogens is 633 g/mol. The molecule has 0 amide bonds. The van der Waals surface area contributed by atoms with Gasteiger partial charge in [-0.1, -0.05) is 152 Å². The summed E-state index contributed by atoms with van der Waals surface area (Å²) in [6.45, 7) is 4.44. The van der Waals surface area contributed by atoms with E-state index in [-0.39, 0.29) is 0 Å². The van der Waals surface area contributed by atoms with Crippen LogP contribution in [0.5, 0.6) is 0 Å². The first kappa shape index (κ1) is 31.5. The van der Waals surface area contributed by atoms with Crippen molar-refractivity contribution in [1.82, 2.24) is 19.1 Å². The average Bonchev–Trinajstić information content (AvgIpc) is 3.78. The monoisotopic (exact) mass is 670 g/mol. The molecule has 9 aromatic rings. The van der Waals surface area contributed by atoms with E-state index in [4.69, 9.17) is 9.97 Å². The van der Waals surface area contributed by atoms with Gasteiger partial charge in [0.25, 0.3) is 0 Å². The summed E-state index contributed by atoms with van der Waals surface area (Å²) in [5.41, 5.74) is 14.7. The molecule has 0 N–H and O–H groups in total. The van der Waals surface area contributed by atoms with Crippen molar-refractivity contribution < 1.29 is 0 Å². The predicted molar refractivity (Wildman–Crippen MR) is 216 cm³/mol. The molecule has 250 valence electrons. The van der Waals surface area contributed by atoms with Crippen LogP contribution in [0.15, 0.2) is 176 Å². The van der Waals surface area contributed by atoms with Gasteiger partial charge in [0.15, 0.2) is 0 Å². The first-order valence-corrected chi connectivity index (χ1v) is 18.0. The number of benzene rings is 7. The molecule has 0 unspecified atom stereocenters. The van der Waals surface area contributed by atoms with Gasteiger partial charge in [-0.25, -0.2) is 9.97 Å². The van der Waals surface area contributed by atoms with Crippen LogP contribution in [0, 0.1) is 0 Å². The van der Waals surface area contributed by atoms with Gasteiger partial charge in [-0.3, -0.25) is 4.57 Å². The van der Waals surface area contributed by atoms with Gasteiger partial charge in [0.2, 0.25) is 0 Å². The molecule has 7 aromatic carbocycles. The van der Waals surface area contributed by atoms with Crippen LogP contribution in [0.3, 0.4) is 0 Å². The highest BCUT2D eigenvalue weighted by Crippen LogP contribution is 2.40. The Bertz CT molecular complexity index is 2590. The van der Waals surface area contributed by atoms with Crippen LogP contribution in [0.4, 0.5) is 0 Å². The van der Waals surface area contributed by atoms with E-state index in [1.54, 1.807) is 0 Å². The SMILES string of the molecule is CC(C)n1c(-c2ccccc2)nc2cc(Cc3ccc(-c4nc5ccccc5n4-c4c(-c5ccccc5)cccc4-c4ccccc4)cc3)ccc21. The summed E-state index contributed by atoms with van der Waals surface area (Å²) in [6.07, 6.45) is 0.816. The summed E-state index contributed by atoms with van der Waals surface area (Å²) in [6, 6.07) is 62.8. The summed E-state index contributed by atoms with van der Waals surface area (Å²) in [5.74, 6) is 1.93. The van der Waals surface area contributed by atoms with Gasteiger partial charge in [-0.2, -0.15) is 0 Å². The van der Waals surface area contributed by atoms with Crippen molar-refractivity contribution in [2.75, 3.05) is 0 Å². The lowest BCUT2D eigenvalue weighted by atomic mass is 9.95. The fourth-order valence-electron chi connectivity index (χ4n) is 7.51. The van der Waals surface area contributed by atoms with Crippen molar-refractivity contribution >= 4 is 22.1 Å². The molecule has 0 atom stereocenters. The van der Waals surface area contributed by atoms with Crippen LogP contribution < -0.4 is 0 Å². The van der Waals surface area contributed by atoms with Crippen molar-refractivity contribution in [2.45, 2.75) is 26.3 Å².